The fourth-order valence-corrected chi connectivity index (χ4v) is 3.31. The van der Waals surface area contributed by atoms with Crippen LogP contribution in [0.1, 0.15) is 60.8 Å². The normalized spacial score (nSPS) is 21.2. The average Bonchev–Trinajstić information content (AvgIpc) is 2.16. The van der Waals surface area contributed by atoms with E-state index in [1.807, 2.05) is 0 Å². The van der Waals surface area contributed by atoms with Gasteiger partial charge in [0, 0.05) is 0 Å². The molecule has 0 saturated carbocycles. The van der Waals surface area contributed by atoms with Gasteiger partial charge in [0.25, 0.3) is 0 Å². The second kappa shape index (κ2) is 5.30. The highest BCUT2D eigenvalue weighted by Gasteiger charge is 2.37. The summed E-state index contributed by atoms with van der Waals surface area (Å²) in [7, 11) is 2.25. The summed E-state index contributed by atoms with van der Waals surface area (Å²) in [6, 6.07) is 0. The van der Waals surface area contributed by atoms with Gasteiger partial charge in [-0.1, -0.05) is 41.5 Å². The molecule has 0 aromatic rings. The minimum Gasteiger partial charge on any atom is -0.306 e. The molecule has 0 amide bonds. The minimum absolute atomic E-state index is 0.465. The molecule has 1 fully saturated rings. The Kier molecular flexibility index (Phi) is 4.68. The first-order valence-electron chi connectivity index (χ1n) is 7.34. The van der Waals surface area contributed by atoms with Crippen LogP contribution in [0.15, 0.2) is 0 Å². The summed E-state index contributed by atoms with van der Waals surface area (Å²) in [6.07, 6.45) is 4.13. The molecule has 0 radical (unpaired) electrons. The fraction of sp³-hybridized carbons (Fsp3) is 1.00. The predicted octanol–water partition coefficient (Wildman–Crippen LogP) is 4.43. The lowest BCUT2D eigenvalue weighted by Gasteiger charge is -2.45. The van der Waals surface area contributed by atoms with Gasteiger partial charge in [0.15, 0.2) is 0 Å². The van der Waals surface area contributed by atoms with E-state index in [1.165, 1.54) is 32.4 Å². The molecule has 1 aliphatic rings. The lowest BCUT2D eigenvalue weighted by Crippen LogP contribution is -2.39. The first-order chi connectivity index (χ1) is 7.65. The molecule has 0 atom stereocenters. The van der Waals surface area contributed by atoms with Gasteiger partial charge in [-0.05, 0) is 62.1 Å². The SMILES string of the molecule is CC(C)C(C)(C)CC(C)(C)C1CCN(C)CC1. The van der Waals surface area contributed by atoms with Crippen LogP contribution in [0.25, 0.3) is 0 Å². The Morgan fingerprint density at radius 2 is 1.53 bits per heavy atom. The van der Waals surface area contributed by atoms with Crippen LogP contribution in [0, 0.1) is 22.7 Å². The molecule has 1 nitrogen and oxygen atoms in total. The van der Waals surface area contributed by atoms with Crippen LogP contribution in [0.2, 0.25) is 0 Å². The Morgan fingerprint density at radius 3 is 1.94 bits per heavy atom. The van der Waals surface area contributed by atoms with Crippen LogP contribution in [0.5, 0.6) is 0 Å². The summed E-state index contributed by atoms with van der Waals surface area (Å²) < 4.78 is 0. The molecule has 1 saturated heterocycles. The Balaban J connectivity index is 2.62. The molecule has 1 heteroatoms. The zero-order valence-electron chi connectivity index (χ0n) is 13.1. The third-order valence-electron chi connectivity index (χ3n) is 5.30. The smallest absolute Gasteiger partial charge is 0.00189 e. The summed E-state index contributed by atoms with van der Waals surface area (Å²) in [5, 5.41) is 0. The van der Waals surface area contributed by atoms with Crippen molar-refractivity contribution in [1.29, 1.82) is 0 Å². The molecule has 0 spiro atoms. The number of nitrogens with zero attached hydrogens (tertiary/aromatic N) is 1. The van der Waals surface area contributed by atoms with Crippen LogP contribution < -0.4 is 0 Å². The van der Waals surface area contributed by atoms with Gasteiger partial charge in [-0.2, -0.15) is 0 Å². The number of piperidine rings is 1. The van der Waals surface area contributed by atoms with Crippen LogP contribution >= 0.6 is 0 Å². The molecule has 1 heterocycles. The van der Waals surface area contributed by atoms with E-state index in [1.54, 1.807) is 0 Å². The molecular formula is C16H33N. The maximum Gasteiger partial charge on any atom is -0.00189 e. The molecule has 0 bridgehead atoms. The van der Waals surface area contributed by atoms with E-state index in [0.29, 0.717) is 10.8 Å². The van der Waals surface area contributed by atoms with Crippen molar-refractivity contribution in [3.8, 4) is 0 Å². The van der Waals surface area contributed by atoms with Crippen molar-refractivity contribution < 1.29 is 0 Å². The van der Waals surface area contributed by atoms with E-state index in [0.717, 1.165) is 11.8 Å². The Hall–Kier alpha value is -0.0400. The van der Waals surface area contributed by atoms with Crippen LogP contribution in [-0.2, 0) is 0 Å². The molecular weight excluding hydrogens is 206 g/mol. The molecule has 0 aromatic carbocycles. The predicted molar refractivity (Wildman–Crippen MR) is 77.2 cm³/mol. The minimum atomic E-state index is 0.465. The van der Waals surface area contributed by atoms with Crippen molar-refractivity contribution in [2.45, 2.75) is 60.8 Å². The zero-order chi connectivity index (χ0) is 13.3. The van der Waals surface area contributed by atoms with Gasteiger partial charge in [0.2, 0.25) is 0 Å². The number of likely N-dealkylation sites (tertiary alicyclic amines) is 1. The molecule has 17 heavy (non-hydrogen) atoms. The van der Waals surface area contributed by atoms with Crippen molar-refractivity contribution in [2.75, 3.05) is 20.1 Å². The summed E-state index contributed by atoms with van der Waals surface area (Å²) in [5.41, 5.74) is 0.960. The molecule has 0 aromatic heterocycles. The van der Waals surface area contributed by atoms with E-state index in [2.05, 4.69) is 53.5 Å². The first kappa shape index (κ1) is 15.0. The molecule has 1 aliphatic heterocycles. The maximum atomic E-state index is 2.49. The summed E-state index contributed by atoms with van der Waals surface area (Å²) in [5.74, 6) is 1.68. The third-order valence-corrected chi connectivity index (χ3v) is 5.30. The summed E-state index contributed by atoms with van der Waals surface area (Å²) in [6.45, 7) is 17.2. The van der Waals surface area contributed by atoms with Gasteiger partial charge in [-0.25, -0.2) is 0 Å². The van der Waals surface area contributed by atoms with Crippen molar-refractivity contribution >= 4 is 0 Å². The van der Waals surface area contributed by atoms with Crippen LogP contribution in [-0.4, -0.2) is 25.0 Å². The Labute approximate surface area is 109 Å². The van der Waals surface area contributed by atoms with Gasteiger partial charge >= 0.3 is 0 Å². The van der Waals surface area contributed by atoms with E-state index >= 15 is 0 Å². The van der Waals surface area contributed by atoms with E-state index < -0.39 is 0 Å². The number of hydrogen-bond donors (Lipinski definition) is 0. The van der Waals surface area contributed by atoms with Gasteiger partial charge in [0.1, 0.15) is 0 Å². The lowest BCUT2D eigenvalue weighted by atomic mass is 9.63. The monoisotopic (exact) mass is 239 g/mol. The Morgan fingerprint density at radius 1 is 1.06 bits per heavy atom. The highest BCUT2D eigenvalue weighted by Crippen LogP contribution is 2.45. The van der Waals surface area contributed by atoms with Gasteiger partial charge in [-0.15, -0.1) is 0 Å². The van der Waals surface area contributed by atoms with E-state index in [4.69, 9.17) is 0 Å². The van der Waals surface area contributed by atoms with Crippen molar-refractivity contribution in [2.24, 2.45) is 22.7 Å². The molecule has 0 N–H and O–H groups in total. The second-order valence-corrected chi connectivity index (χ2v) is 7.89. The van der Waals surface area contributed by atoms with Gasteiger partial charge in [-0.3, -0.25) is 0 Å². The standard InChI is InChI=1S/C16H33N/c1-13(2)15(3,4)12-16(5,6)14-8-10-17(7)11-9-14/h13-14H,8-12H2,1-7H3. The van der Waals surface area contributed by atoms with Crippen LogP contribution in [0.3, 0.4) is 0 Å². The van der Waals surface area contributed by atoms with Crippen molar-refractivity contribution in [3.63, 3.8) is 0 Å². The number of hydrogen-bond acceptors (Lipinski definition) is 1. The molecule has 0 unspecified atom stereocenters. The topological polar surface area (TPSA) is 3.24 Å². The van der Waals surface area contributed by atoms with Crippen molar-refractivity contribution in [3.05, 3.63) is 0 Å². The summed E-state index contributed by atoms with van der Waals surface area (Å²) >= 11 is 0. The van der Waals surface area contributed by atoms with Crippen molar-refractivity contribution in [1.82, 2.24) is 4.90 Å². The average molecular weight is 239 g/mol. The molecule has 0 aliphatic carbocycles. The quantitative estimate of drug-likeness (QED) is 0.701. The van der Waals surface area contributed by atoms with Crippen LogP contribution in [0.4, 0.5) is 0 Å². The fourth-order valence-electron chi connectivity index (χ4n) is 3.31. The second-order valence-electron chi connectivity index (χ2n) is 7.89. The maximum absolute atomic E-state index is 2.49. The highest BCUT2D eigenvalue weighted by atomic mass is 15.1. The third kappa shape index (κ3) is 3.98. The highest BCUT2D eigenvalue weighted by molar-refractivity contribution is 4.88. The van der Waals surface area contributed by atoms with Gasteiger partial charge in [0.05, 0.1) is 0 Å². The first-order valence-corrected chi connectivity index (χ1v) is 7.34. The zero-order valence-corrected chi connectivity index (χ0v) is 13.1. The largest absolute Gasteiger partial charge is 0.306 e. The Bertz CT molecular complexity index is 232. The number of rotatable bonds is 4. The lowest BCUT2D eigenvalue weighted by molar-refractivity contribution is 0.0522. The summed E-state index contributed by atoms with van der Waals surface area (Å²) in [4.78, 5) is 2.47. The van der Waals surface area contributed by atoms with E-state index in [-0.39, 0.29) is 0 Å². The van der Waals surface area contributed by atoms with E-state index in [9.17, 15) is 0 Å². The molecule has 1 rings (SSSR count). The van der Waals surface area contributed by atoms with Gasteiger partial charge < -0.3 is 4.90 Å². The molecule has 102 valence electrons.